The summed E-state index contributed by atoms with van der Waals surface area (Å²) < 4.78 is 31.8. The molecule has 0 aromatic heterocycles. The summed E-state index contributed by atoms with van der Waals surface area (Å²) in [5.74, 6) is -1.14. The summed E-state index contributed by atoms with van der Waals surface area (Å²) in [6, 6.07) is 2.87. The van der Waals surface area contributed by atoms with Crippen LogP contribution in [0, 0.1) is 0 Å². The molecule has 0 amide bonds. The van der Waals surface area contributed by atoms with Gasteiger partial charge in [0.2, 0.25) is 10.0 Å². The molecule has 21 heavy (non-hydrogen) atoms. The van der Waals surface area contributed by atoms with Crippen LogP contribution in [0.1, 0.15) is 26.2 Å². The molecule has 0 unspecified atom stereocenters. The fourth-order valence-electron chi connectivity index (χ4n) is 1.76. The van der Waals surface area contributed by atoms with E-state index in [1.165, 1.54) is 25.3 Å². The molecular weight excluding hydrogens is 318 g/mol. The average molecular weight is 336 g/mol. The molecule has 0 aliphatic rings. The molecule has 0 saturated carbocycles. The van der Waals surface area contributed by atoms with Gasteiger partial charge in [-0.3, -0.25) is 4.79 Å². The van der Waals surface area contributed by atoms with Crippen LogP contribution < -0.4 is 9.46 Å². The predicted octanol–water partition coefficient (Wildman–Crippen LogP) is 2.27. The van der Waals surface area contributed by atoms with Gasteiger partial charge in [0.25, 0.3) is 0 Å². The van der Waals surface area contributed by atoms with E-state index in [1.54, 1.807) is 0 Å². The number of benzene rings is 1. The van der Waals surface area contributed by atoms with Crippen LogP contribution in [0.3, 0.4) is 0 Å². The Morgan fingerprint density at radius 2 is 2.14 bits per heavy atom. The van der Waals surface area contributed by atoms with Gasteiger partial charge in [-0.05, 0) is 18.6 Å². The summed E-state index contributed by atoms with van der Waals surface area (Å²) in [5, 5.41) is 9.43. The molecule has 0 spiro atoms. The smallest absolute Gasteiger partial charge is 0.321 e. The molecule has 2 N–H and O–H groups in total. The highest BCUT2D eigenvalue weighted by Gasteiger charge is 2.27. The Balaban J connectivity index is 3.07. The SMILES string of the molecule is CCCC[C@H](NS(=O)(=O)c1ccc(Cl)cc1OC)C(=O)O. The maximum absolute atomic E-state index is 12.3. The second kappa shape index (κ2) is 7.63. The minimum absolute atomic E-state index is 0.0645. The van der Waals surface area contributed by atoms with Crippen molar-refractivity contribution < 1.29 is 23.1 Å². The molecule has 0 aliphatic carbocycles. The normalized spacial score (nSPS) is 12.9. The lowest BCUT2D eigenvalue weighted by Gasteiger charge is -2.16. The van der Waals surface area contributed by atoms with E-state index in [0.717, 1.165) is 6.42 Å². The van der Waals surface area contributed by atoms with E-state index in [-0.39, 0.29) is 17.1 Å². The van der Waals surface area contributed by atoms with Gasteiger partial charge in [0, 0.05) is 11.1 Å². The minimum atomic E-state index is -4.01. The number of sulfonamides is 1. The third kappa shape index (κ3) is 4.87. The van der Waals surface area contributed by atoms with Crippen molar-refractivity contribution in [3.63, 3.8) is 0 Å². The first kappa shape index (κ1) is 17.7. The number of rotatable bonds is 8. The van der Waals surface area contributed by atoms with Gasteiger partial charge in [-0.25, -0.2) is 8.42 Å². The van der Waals surface area contributed by atoms with E-state index in [9.17, 15) is 13.2 Å². The fourth-order valence-corrected chi connectivity index (χ4v) is 3.29. The maximum Gasteiger partial charge on any atom is 0.321 e. The molecule has 1 aromatic carbocycles. The highest BCUT2D eigenvalue weighted by atomic mass is 35.5. The topological polar surface area (TPSA) is 92.7 Å². The molecule has 1 rings (SSSR count). The number of halogens is 1. The van der Waals surface area contributed by atoms with Crippen LogP contribution in [-0.2, 0) is 14.8 Å². The number of aliphatic carboxylic acids is 1. The molecular formula is C13H18ClNO5S. The van der Waals surface area contributed by atoms with Crippen LogP contribution in [0.2, 0.25) is 5.02 Å². The van der Waals surface area contributed by atoms with Gasteiger partial charge in [0.1, 0.15) is 16.7 Å². The molecule has 0 heterocycles. The van der Waals surface area contributed by atoms with Crippen molar-refractivity contribution in [2.24, 2.45) is 0 Å². The summed E-state index contributed by atoms with van der Waals surface area (Å²) in [6.07, 6.45) is 1.61. The number of carboxylic acids is 1. The van der Waals surface area contributed by atoms with Gasteiger partial charge in [-0.2, -0.15) is 4.72 Å². The van der Waals surface area contributed by atoms with Crippen LogP contribution in [0.4, 0.5) is 0 Å². The van der Waals surface area contributed by atoms with E-state index in [1.807, 2.05) is 6.92 Å². The number of unbranched alkanes of at least 4 members (excludes halogenated alkanes) is 1. The first-order chi connectivity index (χ1) is 9.81. The van der Waals surface area contributed by atoms with Crippen molar-refractivity contribution in [3.8, 4) is 5.75 Å². The number of hydrogen-bond donors (Lipinski definition) is 2. The number of carbonyl (C=O) groups is 1. The van der Waals surface area contributed by atoms with Crippen LogP contribution in [0.5, 0.6) is 5.75 Å². The van der Waals surface area contributed by atoms with Crippen molar-refractivity contribution in [3.05, 3.63) is 23.2 Å². The number of hydrogen-bond acceptors (Lipinski definition) is 4. The summed E-state index contributed by atoms with van der Waals surface area (Å²) in [7, 11) is -2.69. The second-order valence-electron chi connectivity index (χ2n) is 4.45. The van der Waals surface area contributed by atoms with E-state index < -0.39 is 22.0 Å². The van der Waals surface area contributed by atoms with Crippen molar-refractivity contribution in [1.82, 2.24) is 4.72 Å². The summed E-state index contributed by atoms with van der Waals surface area (Å²) in [4.78, 5) is 11.0. The largest absolute Gasteiger partial charge is 0.495 e. The third-order valence-corrected chi connectivity index (χ3v) is 4.60. The first-order valence-electron chi connectivity index (χ1n) is 6.40. The Bertz CT molecular complexity index is 603. The second-order valence-corrected chi connectivity index (χ2v) is 6.57. The lowest BCUT2D eigenvalue weighted by molar-refractivity contribution is -0.139. The van der Waals surface area contributed by atoms with Crippen molar-refractivity contribution >= 4 is 27.6 Å². The van der Waals surface area contributed by atoms with Gasteiger partial charge in [-0.1, -0.05) is 31.4 Å². The molecule has 0 aliphatic heterocycles. The van der Waals surface area contributed by atoms with Gasteiger partial charge >= 0.3 is 5.97 Å². The van der Waals surface area contributed by atoms with Crippen LogP contribution in [-0.4, -0.2) is 32.6 Å². The molecule has 0 fully saturated rings. The highest BCUT2D eigenvalue weighted by molar-refractivity contribution is 7.89. The van der Waals surface area contributed by atoms with Crippen LogP contribution in [0.15, 0.2) is 23.1 Å². The van der Waals surface area contributed by atoms with Gasteiger partial charge in [0.15, 0.2) is 0 Å². The number of nitrogens with one attached hydrogen (secondary N) is 1. The summed E-state index contributed by atoms with van der Waals surface area (Å²) in [5.41, 5.74) is 0. The number of methoxy groups -OCH3 is 1. The zero-order valence-electron chi connectivity index (χ0n) is 11.8. The molecule has 0 radical (unpaired) electrons. The standard InChI is InChI=1S/C13H18ClNO5S/c1-3-4-5-10(13(16)17)15-21(18,19)12-7-6-9(14)8-11(12)20-2/h6-8,10,15H,3-5H2,1-2H3,(H,16,17)/t10-/m0/s1. The summed E-state index contributed by atoms with van der Waals surface area (Å²) >= 11 is 5.78. The number of carboxylic acid groups (broad SMARTS) is 1. The third-order valence-electron chi connectivity index (χ3n) is 2.86. The molecule has 0 bridgehead atoms. The Kier molecular flexibility index (Phi) is 6.44. The zero-order valence-corrected chi connectivity index (χ0v) is 13.4. The van der Waals surface area contributed by atoms with Crippen molar-refractivity contribution in [2.45, 2.75) is 37.1 Å². The molecule has 1 aromatic rings. The molecule has 0 saturated heterocycles. The fraction of sp³-hybridized carbons (Fsp3) is 0.462. The van der Waals surface area contributed by atoms with Crippen molar-refractivity contribution in [2.75, 3.05) is 7.11 Å². The predicted molar refractivity (Wildman–Crippen MR) is 79.3 cm³/mol. The Labute approximate surface area is 129 Å². The zero-order chi connectivity index (χ0) is 16.0. The van der Waals surface area contributed by atoms with E-state index >= 15 is 0 Å². The maximum atomic E-state index is 12.3. The Morgan fingerprint density at radius 1 is 1.48 bits per heavy atom. The van der Waals surface area contributed by atoms with E-state index in [0.29, 0.717) is 11.4 Å². The van der Waals surface area contributed by atoms with Gasteiger partial charge in [-0.15, -0.1) is 0 Å². The highest BCUT2D eigenvalue weighted by Crippen LogP contribution is 2.27. The Morgan fingerprint density at radius 3 is 2.67 bits per heavy atom. The lowest BCUT2D eigenvalue weighted by Crippen LogP contribution is -2.40. The van der Waals surface area contributed by atoms with Crippen LogP contribution in [0.25, 0.3) is 0 Å². The monoisotopic (exact) mass is 335 g/mol. The lowest BCUT2D eigenvalue weighted by atomic mass is 10.1. The molecule has 8 heteroatoms. The quantitative estimate of drug-likeness (QED) is 0.760. The average Bonchev–Trinajstić information content (AvgIpc) is 2.42. The van der Waals surface area contributed by atoms with E-state index in [4.69, 9.17) is 21.4 Å². The molecule has 1 atom stereocenters. The summed E-state index contributed by atoms with van der Waals surface area (Å²) in [6.45, 7) is 1.90. The molecule has 118 valence electrons. The van der Waals surface area contributed by atoms with Crippen LogP contribution >= 0.6 is 11.6 Å². The van der Waals surface area contributed by atoms with Crippen molar-refractivity contribution in [1.29, 1.82) is 0 Å². The van der Waals surface area contributed by atoms with Gasteiger partial charge < -0.3 is 9.84 Å². The molecule has 6 nitrogen and oxygen atoms in total. The minimum Gasteiger partial charge on any atom is -0.495 e. The van der Waals surface area contributed by atoms with Gasteiger partial charge in [0.05, 0.1) is 7.11 Å². The first-order valence-corrected chi connectivity index (χ1v) is 8.26. The Hall–Kier alpha value is -1.31. The van der Waals surface area contributed by atoms with E-state index in [2.05, 4.69) is 4.72 Å². The number of ether oxygens (including phenoxy) is 1.